The molecule has 0 N–H and O–H groups in total. The summed E-state index contributed by atoms with van der Waals surface area (Å²) in [5.41, 5.74) is 5.66. The van der Waals surface area contributed by atoms with E-state index in [2.05, 4.69) is 10.1 Å². The number of aromatic nitrogens is 3. The summed E-state index contributed by atoms with van der Waals surface area (Å²) >= 11 is 0. The smallest absolute Gasteiger partial charge is 0.264 e. The highest BCUT2D eigenvalue weighted by Gasteiger charge is 2.27. The van der Waals surface area contributed by atoms with Gasteiger partial charge in [-0.1, -0.05) is 13.0 Å². The molecule has 32 heavy (non-hydrogen) atoms. The van der Waals surface area contributed by atoms with E-state index in [4.69, 9.17) is 0 Å². The number of fused-ring (bicyclic) bond motifs is 2. The Hall–Kier alpha value is -3.35. The molecular weight excluding hydrogens is 410 g/mol. The number of rotatable bonds is 5. The molecule has 0 saturated carbocycles. The molecule has 1 aromatic carbocycles. The molecule has 1 aliphatic carbocycles. The van der Waals surface area contributed by atoms with E-state index in [1.54, 1.807) is 30.2 Å². The van der Waals surface area contributed by atoms with Crippen LogP contribution in [0.1, 0.15) is 48.4 Å². The van der Waals surface area contributed by atoms with Gasteiger partial charge in [0.15, 0.2) is 5.78 Å². The number of pyridine rings is 1. The lowest BCUT2D eigenvalue weighted by atomic mass is 9.93. The highest BCUT2D eigenvalue weighted by molar-refractivity contribution is 6.22. The quantitative estimate of drug-likeness (QED) is 0.538. The summed E-state index contributed by atoms with van der Waals surface area (Å²) in [4.78, 5) is 19.0. The van der Waals surface area contributed by atoms with Crippen LogP contribution in [-0.2, 0) is 24.7 Å². The van der Waals surface area contributed by atoms with Crippen molar-refractivity contribution in [3.05, 3.63) is 65.1 Å². The summed E-state index contributed by atoms with van der Waals surface area (Å²) in [7, 11) is 1.77. The van der Waals surface area contributed by atoms with Gasteiger partial charge in [-0.25, -0.2) is 13.8 Å². The van der Waals surface area contributed by atoms with Gasteiger partial charge in [-0.15, -0.1) is 0 Å². The van der Waals surface area contributed by atoms with Crippen molar-refractivity contribution in [2.75, 3.05) is 11.4 Å². The van der Waals surface area contributed by atoms with E-state index in [1.807, 2.05) is 36.2 Å². The van der Waals surface area contributed by atoms with E-state index in [0.717, 1.165) is 40.8 Å². The van der Waals surface area contributed by atoms with Gasteiger partial charge in [0.25, 0.3) is 6.43 Å². The number of ketones is 1. The number of hydrogen-bond donors (Lipinski definition) is 0. The molecule has 0 radical (unpaired) electrons. The zero-order valence-electron chi connectivity index (χ0n) is 18.1. The first-order chi connectivity index (χ1) is 15.5. The van der Waals surface area contributed by atoms with Crippen LogP contribution in [0, 0.1) is 0 Å². The Balaban J connectivity index is 1.59. The standard InChI is InChI=1S/C25H24F2N4O/c1-3-23(32)18-7-6-16-12-28-24(11-20(16)18)31-8-4-5-15-9-19(17-13-29-30(2)14-17)21(25(26)27)10-22(15)31/h7,9-14,25H,3-6,8H2,1-2H3. The van der Waals surface area contributed by atoms with Crippen LogP contribution in [0.25, 0.3) is 16.7 Å². The molecule has 0 fully saturated rings. The summed E-state index contributed by atoms with van der Waals surface area (Å²) in [6, 6.07) is 5.41. The fraction of sp³-hybridized carbons (Fsp3) is 0.320. The minimum Gasteiger partial charge on any atom is -0.326 e. The van der Waals surface area contributed by atoms with E-state index >= 15 is 0 Å². The zero-order valence-corrected chi connectivity index (χ0v) is 18.1. The lowest BCUT2D eigenvalue weighted by molar-refractivity contribution is -0.113. The maximum atomic E-state index is 14.1. The number of carbonyl (C=O) groups is 1. The highest BCUT2D eigenvalue weighted by atomic mass is 19.3. The lowest BCUT2D eigenvalue weighted by Crippen LogP contribution is -2.26. The molecule has 5 rings (SSSR count). The molecule has 0 amide bonds. The summed E-state index contributed by atoms with van der Waals surface area (Å²) in [6.07, 6.45) is 7.39. The van der Waals surface area contributed by atoms with Crippen LogP contribution < -0.4 is 4.90 Å². The van der Waals surface area contributed by atoms with Gasteiger partial charge in [-0.3, -0.25) is 9.48 Å². The molecule has 0 atom stereocenters. The number of benzene rings is 1. The number of nitrogens with zero attached hydrogens (tertiary/aromatic N) is 4. The van der Waals surface area contributed by atoms with Gasteiger partial charge in [0.2, 0.25) is 0 Å². The predicted molar refractivity (Wildman–Crippen MR) is 120 cm³/mol. The fourth-order valence-corrected chi connectivity index (χ4v) is 4.69. The van der Waals surface area contributed by atoms with Gasteiger partial charge in [-0.2, -0.15) is 5.10 Å². The van der Waals surface area contributed by atoms with Crippen LogP contribution >= 0.6 is 0 Å². The van der Waals surface area contributed by atoms with Crippen molar-refractivity contribution in [2.24, 2.45) is 7.05 Å². The number of anilines is 2. The minimum absolute atomic E-state index is 0.00782. The number of halogens is 2. The van der Waals surface area contributed by atoms with Crippen LogP contribution in [0.5, 0.6) is 0 Å². The second-order valence-electron chi connectivity index (χ2n) is 8.33. The Morgan fingerprint density at radius 2 is 2.00 bits per heavy atom. The Morgan fingerprint density at radius 3 is 2.72 bits per heavy atom. The maximum absolute atomic E-state index is 14.1. The molecular formula is C25H24F2N4O. The molecule has 3 aromatic rings. The molecule has 0 unspecified atom stereocenters. The number of Topliss-reactive ketones (excluding diaryl/α,β-unsaturated/α-hetero) is 1. The molecule has 1 aliphatic heterocycles. The Labute approximate surface area is 185 Å². The van der Waals surface area contributed by atoms with Gasteiger partial charge in [0.05, 0.1) is 6.20 Å². The van der Waals surface area contributed by atoms with Crippen LogP contribution in [0.4, 0.5) is 20.3 Å². The van der Waals surface area contributed by atoms with Crippen molar-refractivity contribution >= 4 is 22.9 Å². The molecule has 2 aromatic heterocycles. The van der Waals surface area contributed by atoms with Crippen molar-refractivity contribution in [1.29, 1.82) is 0 Å². The summed E-state index contributed by atoms with van der Waals surface area (Å²) < 4.78 is 29.8. The molecule has 2 aliphatic rings. The second-order valence-corrected chi connectivity index (χ2v) is 8.33. The summed E-state index contributed by atoms with van der Waals surface area (Å²) in [6.45, 7) is 2.55. The Bertz CT molecular complexity index is 1240. The molecule has 7 heteroatoms. The minimum atomic E-state index is -2.61. The van der Waals surface area contributed by atoms with Crippen molar-refractivity contribution in [3.8, 4) is 11.1 Å². The normalized spacial score (nSPS) is 15.0. The molecule has 0 bridgehead atoms. The molecule has 0 saturated heterocycles. The third-order valence-corrected chi connectivity index (χ3v) is 6.31. The Morgan fingerprint density at radius 1 is 1.16 bits per heavy atom. The average molecular weight is 434 g/mol. The van der Waals surface area contributed by atoms with Gasteiger partial charge in [0, 0.05) is 54.8 Å². The number of hydrogen-bond acceptors (Lipinski definition) is 4. The average Bonchev–Trinajstić information content (AvgIpc) is 3.43. The van der Waals surface area contributed by atoms with Crippen molar-refractivity contribution in [1.82, 2.24) is 14.8 Å². The number of allylic oxidation sites excluding steroid dienone is 2. The highest BCUT2D eigenvalue weighted by Crippen LogP contribution is 2.41. The van der Waals surface area contributed by atoms with Gasteiger partial charge in [0.1, 0.15) is 5.82 Å². The second kappa shape index (κ2) is 7.97. The van der Waals surface area contributed by atoms with Crippen molar-refractivity contribution < 1.29 is 13.6 Å². The van der Waals surface area contributed by atoms with Crippen LogP contribution in [-0.4, -0.2) is 27.1 Å². The topological polar surface area (TPSA) is 51.0 Å². The molecule has 3 heterocycles. The van der Waals surface area contributed by atoms with Crippen LogP contribution in [0.15, 0.2) is 42.9 Å². The first-order valence-electron chi connectivity index (χ1n) is 10.9. The third kappa shape index (κ3) is 3.42. The van der Waals surface area contributed by atoms with Gasteiger partial charge in [-0.05, 0) is 59.7 Å². The largest absolute Gasteiger partial charge is 0.326 e. The zero-order chi connectivity index (χ0) is 22.4. The van der Waals surface area contributed by atoms with Gasteiger partial charge >= 0.3 is 0 Å². The maximum Gasteiger partial charge on any atom is 0.264 e. The third-order valence-electron chi connectivity index (χ3n) is 6.31. The monoisotopic (exact) mass is 434 g/mol. The number of carbonyl (C=O) groups excluding carboxylic acids is 1. The summed E-state index contributed by atoms with van der Waals surface area (Å²) in [5.74, 6) is 0.803. The lowest BCUT2D eigenvalue weighted by Gasteiger charge is -2.32. The fourth-order valence-electron chi connectivity index (χ4n) is 4.69. The van der Waals surface area contributed by atoms with E-state index < -0.39 is 6.43 Å². The van der Waals surface area contributed by atoms with Crippen molar-refractivity contribution in [3.63, 3.8) is 0 Å². The van der Waals surface area contributed by atoms with E-state index in [0.29, 0.717) is 36.3 Å². The van der Waals surface area contributed by atoms with E-state index in [1.165, 1.54) is 0 Å². The first-order valence-corrected chi connectivity index (χ1v) is 10.9. The van der Waals surface area contributed by atoms with Crippen molar-refractivity contribution in [2.45, 2.75) is 39.0 Å². The Kier molecular flexibility index (Phi) is 5.12. The van der Waals surface area contributed by atoms with E-state index in [9.17, 15) is 13.6 Å². The van der Waals surface area contributed by atoms with Crippen LogP contribution in [0.3, 0.4) is 0 Å². The number of alkyl halides is 2. The predicted octanol–water partition coefficient (Wildman–Crippen LogP) is 5.42. The van der Waals surface area contributed by atoms with Crippen LogP contribution in [0.2, 0.25) is 0 Å². The van der Waals surface area contributed by atoms with Gasteiger partial charge < -0.3 is 4.90 Å². The number of aryl methyl sites for hydroxylation is 2. The molecule has 0 spiro atoms. The molecule has 164 valence electrons. The SMILES string of the molecule is CCC(=O)C1=CCc2cnc(N3CCCc4cc(-c5cnn(C)c5)c(C(F)F)cc43)cc21. The molecule has 5 nitrogen and oxygen atoms in total. The van der Waals surface area contributed by atoms with E-state index in [-0.39, 0.29) is 11.3 Å². The first kappa shape index (κ1) is 20.5. The summed E-state index contributed by atoms with van der Waals surface area (Å²) in [5, 5.41) is 4.15.